The summed E-state index contributed by atoms with van der Waals surface area (Å²) in [4.78, 5) is 18.8. The molecule has 1 aromatic heterocycles. The summed E-state index contributed by atoms with van der Waals surface area (Å²) in [6, 6.07) is 6.27. The van der Waals surface area contributed by atoms with Gasteiger partial charge in [0.05, 0.1) is 6.04 Å². The van der Waals surface area contributed by atoms with Crippen molar-refractivity contribution in [2.24, 2.45) is 0 Å². The molecule has 1 fully saturated rings. The summed E-state index contributed by atoms with van der Waals surface area (Å²) in [5, 5.41) is 7.19. The minimum Gasteiger partial charge on any atom is -0.339 e. The second-order valence-electron chi connectivity index (χ2n) is 6.56. The number of rotatable bonds is 5. The highest BCUT2D eigenvalue weighted by Gasteiger charge is 2.28. The fourth-order valence-corrected chi connectivity index (χ4v) is 2.98. The number of hydrogen-bond acceptors (Lipinski definition) is 5. The molecule has 1 saturated heterocycles. The molecule has 0 saturated carbocycles. The number of aryl methyl sites for hydroxylation is 1. The summed E-state index contributed by atoms with van der Waals surface area (Å²) < 4.78 is 18.7. The Hall–Kier alpha value is -1.99. The van der Waals surface area contributed by atoms with Crippen molar-refractivity contribution in [3.05, 3.63) is 47.4 Å². The van der Waals surface area contributed by atoms with Crippen LogP contribution in [-0.4, -0.2) is 40.6 Å². The highest BCUT2D eigenvalue weighted by atomic mass is 35.5. The maximum absolute atomic E-state index is 13.5. The summed E-state index contributed by atoms with van der Waals surface area (Å²) in [6.45, 7) is 5.93. The fraction of sp³-hybridized carbons (Fsp3) is 0.500. The van der Waals surface area contributed by atoms with Crippen molar-refractivity contribution in [2.45, 2.75) is 38.6 Å². The van der Waals surface area contributed by atoms with E-state index in [1.54, 1.807) is 6.07 Å². The van der Waals surface area contributed by atoms with Crippen LogP contribution in [0.5, 0.6) is 0 Å². The third kappa shape index (κ3) is 4.80. The monoisotopic (exact) mass is 382 g/mol. The van der Waals surface area contributed by atoms with Gasteiger partial charge >= 0.3 is 0 Å². The minimum atomic E-state index is -0.289. The molecule has 1 aliphatic heterocycles. The van der Waals surface area contributed by atoms with Crippen LogP contribution in [0.3, 0.4) is 0 Å². The highest BCUT2D eigenvalue weighted by Crippen LogP contribution is 2.24. The minimum absolute atomic E-state index is 0. The molecule has 8 heteroatoms. The average molecular weight is 383 g/mol. The number of aromatic nitrogens is 2. The molecule has 0 radical (unpaired) electrons. The average Bonchev–Trinajstić information content (AvgIpc) is 3.09. The van der Waals surface area contributed by atoms with Gasteiger partial charge in [-0.05, 0) is 17.7 Å². The maximum Gasteiger partial charge on any atom is 0.227 e. The van der Waals surface area contributed by atoms with Gasteiger partial charge in [0.25, 0.3) is 0 Å². The van der Waals surface area contributed by atoms with E-state index >= 15 is 0 Å². The van der Waals surface area contributed by atoms with Gasteiger partial charge in [0.2, 0.25) is 11.8 Å². The van der Waals surface area contributed by atoms with Crippen molar-refractivity contribution in [3.63, 3.8) is 0 Å². The Morgan fingerprint density at radius 1 is 1.46 bits per heavy atom. The third-order valence-electron chi connectivity index (χ3n) is 4.35. The second kappa shape index (κ2) is 9.09. The van der Waals surface area contributed by atoms with Gasteiger partial charge in [-0.1, -0.05) is 31.1 Å². The van der Waals surface area contributed by atoms with Crippen LogP contribution in [0, 0.1) is 5.82 Å². The van der Waals surface area contributed by atoms with Crippen LogP contribution < -0.4 is 5.32 Å². The van der Waals surface area contributed by atoms with E-state index in [1.807, 2.05) is 24.8 Å². The van der Waals surface area contributed by atoms with Crippen LogP contribution in [0.25, 0.3) is 0 Å². The number of carbonyl (C=O) groups is 1. The number of nitrogens with one attached hydrogen (secondary N) is 1. The molecule has 1 unspecified atom stereocenters. The van der Waals surface area contributed by atoms with E-state index < -0.39 is 0 Å². The molecule has 1 atom stereocenters. The second-order valence-corrected chi connectivity index (χ2v) is 6.56. The lowest BCUT2D eigenvalue weighted by molar-refractivity contribution is -0.134. The largest absolute Gasteiger partial charge is 0.339 e. The van der Waals surface area contributed by atoms with Gasteiger partial charge < -0.3 is 14.7 Å². The molecule has 3 rings (SSSR count). The lowest BCUT2D eigenvalue weighted by Crippen LogP contribution is -2.48. The Labute approximate surface area is 158 Å². The van der Waals surface area contributed by atoms with Gasteiger partial charge in [0, 0.05) is 38.4 Å². The normalized spacial score (nSPS) is 17.2. The molecule has 0 aliphatic carbocycles. The van der Waals surface area contributed by atoms with E-state index in [2.05, 4.69) is 15.5 Å². The van der Waals surface area contributed by atoms with Gasteiger partial charge in [0.15, 0.2) is 5.82 Å². The van der Waals surface area contributed by atoms with Gasteiger partial charge in [0.1, 0.15) is 5.82 Å². The topological polar surface area (TPSA) is 71.3 Å². The Balaban J connectivity index is 0.00000243. The quantitative estimate of drug-likeness (QED) is 0.860. The van der Waals surface area contributed by atoms with E-state index in [1.165, 1.54) is 12.1 Å². The zero-order valence-electron chi connectivity index (χ0n) is 14.9. The Morgan fingerprint density at radius 2 is 2.27 bits per heavy atom. The molecule has 2 aromatic rings. The van der Waals surface area contributed by atoms with E-state index in [-0.39, 0.29) is 36.1 Å². The first-order valence-electron chi connectivity index (χ1n) is 8.62. The smallest absolute Gasteiger partial charge is 0.227 e. The van der Waals surface area contributed by atoms with Crippen molar-refractivity contribution in [2.75, 3.05) is 19.6 Å². The maximum atomic E-state index is 13.5. The fourth-order valence-electron chi connectivity index (χ4n) is 2.98. The third-order valence-corrected chi connectivity index (χ3v) is 4.35. The van der Waals surface area contributed by atoms with E-state index in [9.17, 15) is 9.18 Å². The Kier molecular flexibility index (Phi) is 7.11. The SMILES string of the molecule is CC(C)c1noc(CCC(=O)N2CCNCC2c2cccc(F)c2)n1.Cl. The van der Waals surface area contributed by atoms with Crippen LogP contribution in [0.15, 0.2) is 28.8 Å². The Bertz CT molecular complexity index is 737. The molecule has 0 bridgehead atoms. The summed E-state index contributed by atoms with van der Waals surface area (Å²) in [5.74, 6) is 1.05. The van der Waals surface area contributed by atoms with Gasteiger partial charge in [-0.3, -0.25) is 4.79 Å². The molecule has 26 heavy (non-hydrogen) atoms. The molecule has 2 heterocycles. The number of carbonyl (C=O) groups excluding carboxylic acids is 1. The van der Waals surface area contributed by atoms with Gasteiger partial charge in [-0.2, -0.15) is 4.98 Å². The van der Waals surface area contributed by atoms with Crippen molar-refractivity contribution in [3.8, 4) is 0 Å². The lowest BCUT2D eigenvalue weighted by Gasteiger charge is -2.36. The summed E-state index contributed by atoms with van der Waals surface area (Å²) >= 11 is 0. The Morgan fingerprint density at radius 3 is 2.96 bits per heavy atom. The number of nitrogens with zero attached hydrogens (tertiary/aromatic N) is 3. The van der Waals surface area contributed by atoms with Crippen molar-refractivity contribution < 1.29 is 13.7 Å². The molecule has 6 nitrogen and oxygen atoms in total. The zero-order chi connectivity index (χ0) is 17.8. The predicted octanol–water partition coefficient (Wildman–Crippen LogP) is 2.86. The van der Waals surface area contributed by atoms with Gasteiger partial charge in [-0.25, -0.2) is 4.39 Å². The van der Waals surface area contributed by atoms with Crippen LogP contribution in [0.1, 0.15) is 49.5 Å². The molecule has 1 aliphatic rings. The summed E-state index contributed by atoms with van der Waals surface area (Å²) in [6.07, 6.45) is 0.712. The van der Waals surface area contributed by atoms with Gasteiger partial charge in [-0.15, -0.1) is 12.4 Å². The molecule has 0 spiro atoms. The number of halogens is 2. The van der Waals surface area contributed by atoms with Crippen molar-refractivity contribution in [1.29, 1.82) is 0 Å². The van der Waals surface area contributed by atoms with E-state index in [0.29, 0.717) is 37.6 Å². The number of hydrogen-bond donors (Lipinski definition) is 1. The first-order valence-corrected chi connectivity index (χ1v) is 8.62. The zero-order valence-corrected chi connectivity index (χ0v) is 15.8. The van der Waals surface area contributed by atoms with Crippen LogP contribution >= 0.6 is 12.4 Å². The number of benzene rings is 1. The molecular formula is C18H24ClFN4O2. The van der Waals surface area contributed by atoms with E-state index in [4.69, 9.17) is 4.52 Å². The lowest BCUT2D eigenvalue weighted by atomic mass is 10.0. The highest BCUT2D eigenvalue weighted by molar-refractivity contribution is 5.85. The summed E-state index contributed by atoms with van der Waals surface area (Å²) in [7, 11) is 0. The first-order chi connectivity index (χ1) is 12.0. The first kappa shape index (κ1) is 20.3. The van der Waals surface area contributed by atoms with Crippen LogP contribution in [0.2, 0.25) is 0 Å². The van der Waals surface area contributed by atoms with Crippen molar-refractivity contribution >= 4 is 18.3 Å². The van der Waals surface area contributed by atoms with Crippen LogP contribution in [-0.2, 0) is 11.2 Å². The molecule has 1 amide bonds. The molecule has 142 valence electrons. The number of amides is 1. The molecular weight excluding hydrogens is 359 g/mol. The standard InChI is InChI=1S/C18H23FN4O2.ClH/c1-12(2)18-21-16(25-22-18)6-7-17(24)23-9-8-20-11-15(23)13-4-3-5-14(19)10-13;/h3-5,10,12,15,20H,6-9,11H2,1-2H3;1H. The van der Waals surface area contributed by atoms with E-state index in [0.717, 1.165) is 12.1 Å². The molecule has 1 aromatic carbocycles. The molecule has 1 N–H and O–H groups in total. The number of piperazine rings is 1. The van der Waals surface area contributed by atoms with Crippen molar-refractivity contribution in [1.82, 2.24) is 20.4 Å². The predicted molar refractivity (Wildman–Crippen MR) is 97.7 cm³/mol. The van der Waals surface area contributed by atoms with Crippen LogP contribution in [0.4, 0.5) is 4.39 Å². The summed E-state index contributed by atoms with van der Waals surface area (Å²) in [5.41, 5.74) is 0.806.